The maximum Gasteiger partial charge on any atom is 0.244 e. The van der Waals surface area contributed by atoms with Gasteiger partial charge in [0.05, 0.1) is 10.6 Å². The highest BCUT2D eigenvalue weighted by Gasteiger charge is 2.28. The normalized spacial score (nSPS) is 14.3. The van der Waals surface area contributed by atoms with E-state index >= 15 is 0 Å². The van der Waals surface area contributed by atoms with Crippen molar-refractivity contribution >= 4 is 56.6 Å². The van der Waals surface area contributed by atoms with Crippen LogP contribution in [0.1, 0.15) is 25.8 Å². The van der Waals surface area contributed by atoms with Crippen LogP contribution in [-0.4, -0.2) is 49.9 Å². The molecule has 10 heteroatoms. The first kappa shape index (κ1) is 24.6. The second-order valence-electron chi connectivity index (χ2n) is 7.26. The predicted molar refractivity (Wildman–Crippen MR) is 129 cm³/mol. The van der Waals surface area contributed by atoms with E-state index in [-0.39, 0.29) is 23.8 Å². The molecule has 0 atom stereocenters. The highest BCUT2D eigenvalue weighted by Crippen LogP contribution is 2.36. The lowest BCUT2D eigenvalue weighted by Gasteiger charge is -2.24. The van der Waals surface area contributed by atoms with Gasteiger partial charge in [-0.1, -0.05) is 31.5 Å². The number of nitrogens with one attached hydrogen (secondary N) is 1. The average molecular weight is 496 g/mol. The topological polar surface area (TPSA) is 86.8 Å². The summed E-state index contributed by atoms with van der Waals surface area (Å²) in [7, 11) is -3.70. The molecule has 1 heterocycles. The fourth-order valence-electron chi connectivity index (χ4n) is 3.47. The summed E-state index contributed by atoms with van der Waals surface area (Å²) in [5.41, 5.74) is 1.73. The van der Waals surface area contributed by atoms with Crippen LogP contribution < -0.4 is 10.2 Å². The summed E-state index contributed by atoms with van der Waals surface area (Å²) in [6, 6.07) is 9.97. The summed E-state index contributed by atoms with van der Waals surface area (Å²) in [4.78, 5) is 27.9. The molecule has 1 N–H and O–H groups in total. The Hall–Kier alpha value is -2.07. The van der Waals surface area contributed by atoms with E-state index in [9.17, 15) is 18.0 Å². The molecule has 0 fully saturated rings. The van der Waals surface area contributed by atoms with Crippen LogP contribution in [0.3, 0.4) is 0 Å². The lowest BCUT2D eigenvalue weighted by Crippen LogP contribution is -2.38. The lowest BCUT2D eigenvalue weighted by atomic mass is 10.2. The van der Waals surface area contributed by atoms with Gasteiger partial charge in [0, 0.05) is 40.9 Å². The molecule has 0 saturated carbocycles. The van der Waals surface area contributed by atoms with E-state index in [4.69, 9.17) is 11.6 Å². The number of nitrogens with zero attached hydrogens (tertiary/aromatic N) is 2. The highest BCUT2D eigenvalue weighted by molar-refractivity contribution is 7.99. The number of halogens is 1. The second-order valence-corrected chi connectivity index (χ2v) is 10.7. The summed E-state index contributed by atoms with van der Waals surface area (Å²) < 4.78 is 27.4. The Kier molecular flexibility index (Phi) is 7.87. The van der Waals surface area contributed by atoms with Gasteiger partial charge in [-0.3, -0.25) is 9.59 Å². The van der Waals surface area contributed by atoms with Gasteiger partial charge in [0.1, 0.15) is 6.54 Å². The molecule has 32 heavy (non-hydrogen) atoms. The van der Waals surface area contributed by atoms with Gasteiger partial charge in [0.15, 0.2) is 0 Å². The predicted octanol–water partition coefficient (Wildman–Crippen LogP) is 4.15. The Bertz CT molecular complexity index is 1130. The molecule has 0 saturated heterocycles. The molecule has 172 valence electrons. The van der Waals surface area contributed by atoms with E-state index in [0.29, 0.717) is 35.2 Å². The van der Waals surface area contributed by atoms with Crippen LogP contribution in [0.25, 0.3) is 0 Å². The number of thioether (sulfide) groups is 1. The fourth-order valence-corrected chi connectivity index (χ4v) is 6.10. The molecular weight excluding hydrogens is 470 g/mol. The Balaban J connectivity index is 1.94. The molecule has 1 aliphatic rings. The first-order valence-electron chi connectivity index (χ1n) is 10.3. The molecule has 0 aromatic heterocycles. The van der Waals surface area contributed by atoms with Crippen LogP contribution >= 0.6 is 23.4 Å². The Morgan fingerprint density at radius 2 is 1.94 bits per heavy atom. The number of carbonyl (C=O) groups is 2. The number of rotatable bonds is 7. The maximum absolute atomic E-state index is 13.0. The minimum absolute atomic E-state index is 0.103. The Morgan fingerprint density at radius 1 is 1.22 bits per heavy atom. The molecule has 0 bridgehead atoms. The SMILES string of the molecule is CCN(CC)S(=O)(=O)c1ccc2c(c1)N(CC(=O)Nc1cccc(Cl)c1C)C(=O)CCS2. The summed E-state index contributed by atoms with van der Waals surface area (Å²) >= 11 is 7.60. The first-order valence-corrected chi connectivity index (χ1v) is 13.1. The third-order valence-corrected chi connectivity index (χ3v) is 8.80. The first-order chi connectivity index (χ1) is 15.2. The quantitative estimate of drug-likeness (QED) is 0.623. The smallest absolute Gasteiger partial charge is 0.244 e. The third kappa shape index (κ3) is 5.11. The minimum atomic E-state index is -3.70. The van der Waals surface area contributed by atoms with Crippen LogP contribution in [0.15, 0.2) is 46.2 Å². The molecule has 0 unspecified atom stereocenters. The molecule has 3 rings (SSSR count). The zero-order valence-corrected chi connectivity index (χ0v) is 20.6. The van der Waals surface area contributed by atoms with Gasteiger partial charge in [-0.2, -0.15) is 4.31 Å². The van der Waals surface area contributed by atoms with Gasteiger partial charge in [0.2, 0.25) is 21.8 Å². The molecule has 7 nitrogen and oxygen atoms in total. The van der Waals surface area contributed by atoms with E-state index in [1.807, 2.05) is 0 Å². The fraction of sp³-hybridized carbons (Fsp3) is 0.364. The van der Waals surface area contributed by atoms with E-state index in [1.54, 1.807) is 51.1 Å². The second kappa shape index (κ2) is 10.2. The van der Waals surface area contributed by atoms with Crippen molar-refractivity contribution in [2.75, 3.05) is 35.6 Å². The van der Waals surface area contributed by atoms with E-state index in [2.05, 4.69) is 5.32 Å². The van der Waals surface area contributed by atoms with Gasteiger partial charge in [-0.15, -0.1) is 11.8 Å². The van der Waals surface area contributed by atoms with Crippen molar-refractivity contribution in [2.24, 2.45) is 0 Å². The van der Waals surface area contributed by atoms with Crippen molar-refractivity contribution in [1.82, 2.24) is 4.31 Å². The van der Waals surface area contributed by atoms with Gasteiger partial charge < -0.3 is 10.2 Å². The van der Waals surface area contributed by atoms with Crippen LogP contribution in [0.2, 0.25) is 5.02 Å². The summed E-state index contributed by atoms with van der Waals surface area (Å²) in [5.74, 6) is -0.0652. The zero-order valence-electron chi connectivity index (χ0n) is 18.2. The average Bonchev–Trinajstić information content (AvgIpc) is 2.90. The number of hydrogen-bond donors (Lipinski definition) is 1. The van der Waals surface area contributed by atoms with Gasteiger partial charge in [-0.25, -0.2) is 8.42 Å². The summed E-state index contributed by atoms with van der Waals surface area (Å²) in [5, 5.41) is 3.33. The van der Waals surface area contributed by atoms with E-state index in [1.165, 1.54) is 27.0 Å². The maximum atomic E-state index is 13.0. The van der Waals surface area contributed by atoms with E-state index in [0.717, 1.165) is 10.5 Å². The largest absolute Gasteiger partial charge is 0.324 e. The number of anilines is 2. The van der Waals surface area contributed by atoms with Crippen LogP contribution in [-0.2, 0) is 19.6 Å². The molecule has 2 amide bonds. The summed E-state index contributed by atoms with van der Waals surface area (Å²) in [6.45, 7) is 5.80. The van der Waals surface area contributed by atoms with Crippen molar-refractivity contribution in [3.63, 3.8) is 0 Å². The number of benzene rings is 2. The van der Waals surface area contributed by atoms with Crippen LogP contribution in [0.4, 0.5) is 11.4 Å². The molecule has 0 radical (unpaired) electrons. The summed E-state index contributed by atoms with van der Waals surface area (Å²) in [6.07, 6.45) is 0.251. The number of amides is 2. The van der Waals surface area contributed by atoms with Gasteiger partial charge in [0.25, 0.3) is 0 Å². The van der Waals surface area contributed by atoms with E-state index < -0.39 is 15.9 Å². The highest BCUT2D eigenvalue weighted by atomic mass is 35.5. The standard InChI is InChI=1S/C22H26ClN3O4S2/c1-4-25(5-2)32(29,30)16-9-10-20-19(13-16)26(22(28)11-12-31-20)14-21(27)24-18-8-6-7-17(23)15(18)3/h6-10,13H,4-5,11-12,14H2,1-3H3,(H,24,27). The molecular formula is C22H26ClN3O4S2. The minimum Gasteiger partial charge on any atom is -0.324 e. The third-order valence-electron chi connectivity index (χ3n) is 5.28. The lowest BCUT2D eigenvalue weighted by molar-refractivity contribution is -0.121. The Morgan fingerprint density at radius 3 is 2.62 bits per heavy atom. The monoisotopic (exact) mass is 495 g/mol. The van der Waals surface area contributed by atoms with Gasteiger partial charge in [-0.05, 0) is 42.8 Å². The molecule has 0 aliphatic carbocycles. The van der Waals surface area contributed by atoms with Crippen LogP contribution in [0.5, 0.6) is 0 Å². The number of hydrogen-bond acceptors (Lipinski definition) is 5. The molecule has 0 spiro atoms. The van der Waals surface area contributed by atoms with Crippen molar-refractivity contribution in [2.45, 2.75) is 37.0 Å². The Labute approximate surface area is 198 Å². The zero-order chi connectivity index (χ0) is 23.5. The number of carbonyl (C=O) groups excluding carboxylic acids is 2. The van der Waals surface area contributed by atoms with Crippen molar-refractivity contribution < 1.29 is 18.0 Å². The van der Waals surface area contributed by atoms with Crippen molar-refractivity contribution in [3.8, 4) is 0 Å². The van der Waals surface area contributed by atoms with Crippen molar-refractivity contribution in [1.29, 1.82) is 0 Å². The molecule has 2 aromatic carbocycles. The molecule has 2 aromatic rings. The number of sulfonamides is 1. The number of fused-ring (bicyclic) bond motifs is 1. The van der Waals surface area contributed by atoms with Crippen molar-refractivity contribution in [3.05, 3.63) is 47.0 Å². The van der Waals surface area contributed by atoms with Crippen LogP contribution in [0, 0.1) is 6.92 Å². The van der Waals surface area contributed by atoms with Gasteiger partial charge >= 0.3 is 0 Å². The molecule has 1 aliphatic heterocycles.